The van der Waals surface area contributed by atoms with Gasteiger partial charge in [-0.15, -0.1) is 0 Å². The van der Waals surface area contributed by atoms with Crippen LogP contribution in [0.25, 0.3) is 0 Å². The predicted molar refractivity (Wildman–Crippen MR) is 145 cm³/mol. The molecule has 0 fully saturated rings. The number of alkyl halides is 1. The van der Waals surface area contributed by atoms with Gasteiger partial charge in [0.1, 0.15) is 0 Å². The summed E-state index contributed by atoms with van der Waals surface area (Å²) in [6.45, 7) is 4.60. The molecule has 32 heavy (non-hydrogen) atoms. The van der Waals surface area contributed by atoms with Crippen LogP contribution in [0.4, 0.5) is 4.39 Å². The van der Waals surface area contributed by atoms with E-state index in [1.807, 2.05) is 0 Å². The van der Waals surface area contributed by atoms with Gasteiger partial charge in [-0.25, -0.2) is 0 Å². The standard InChI is InChI=1S/C30H62FN/c1-2-3-4-5-6-7-8-9-10-11-12-14-17-20-23-26-29-32-30-27-24-21-18-15-13-16-19-22-25-28-31/h32H,2-30H2,1H3. The Balaban J connectivity index is 2.98. The van der Waals surface area contributed by atoms with Crippen LogP contribution in [0.15, 0.2) is 0 Å². The number of hydrogen-bond donors (Lipinski definition) is 1. The Labute approximate surface area is 203 Å². The number of unbranched alkanes of at least 4 members (excludes halogenated alkanes) is 24. The summed E-state index contributed by atoms with van der Waals surface area (Å²) in [6, 6.07) is 0. The summed E-state index contributed by atoms with van der Waals surface area (Å²) in [5.74, 6) is 0. The zero-order valence-electron chi connectivity index (χ0n) is 22.4. The third kappa shape index (κ3) is 29.9. The van der Waals surface area contributed by atoms with Gasteiger partial charge in [0.05, 0.1) is 6.67 Å². The van der Waals surface area contributed by atoms with Gasteiger partial charge >= 0.3 is 0 Å². The summed E-state index contributed by atoms with van der Waals surface area (Å²) >= 11 is 0. The fourth-order valence-corrected chi connectivity index (χ4v) is 4.68. The number of hydrogen-bond acceptors (Lipinski definition) is 1. The lowest BCUT2D eigenvalue weighted by Gasteiger charge is -2.06. The average molecular weight is 456 g/mol. The summed E-state index contributed by atoms with van der Waals surface area (Å²) in [5.41, 5.74) is 0. The first-order valence-corrected chi connectivity index (χ1v) is 15.2. The molecule has 0 bridgehead atoms. The molecule has 0 aliphatic rings. The van der Waals surface area contributed by atoms with Crippen molar-refractivity contribution in [1.29, 1.82) is 0 Å². The van der Waals surface area contributed by atoms with Crippen LogP contribution in [-0.2, 0) is 0 Å². The van der Waals surface area contributed by atoms with Crippen LogP contribution in [0.2, 0.25) is 0 Å². The second-order valence-electron chi connectivity index (χ2n) is 10.3. The monoisotopic (exact) mass is 455 g/mol. The highest BCUT2D eigenvalue weighted by Crippen LogP contribution is 2.14. The van der Waals surface area contributed by atoms with Gasteiger partial charge in [-0.05, 0) is 32.4 Å². The van der Waals surface area contributed by atoms with Crippen LogP contribution < -0.4 is 5.32 Å². The Kier molecular flexibility index (Phi) is 30.8. The van der Waals surface area contributed by atoms with E-state index in [4.69, 9.17) is 0 Å². The van der Waals surface area contributed by atoms with Crippen LogP contribution in [0.5, 0.6) is 0 Å². The maximum absolute atomic E-state index is 12.0. The molecule has 0 atom stereocenters. The van der Waals surface area contributed by atoms with Crippen molar-refractivity contribution in [3.63, 3.8) is 0 Å². The molecular weight excluding hydrogens is 393 g/mol. The lowest BCUT2D eigenvalue weighted by atomic mass is 10.0. The van der Waals surface area contributed by atoms with Crippen molar-refractivity contribution in [2.75, 3.05) is 19.8 Å². The zero-order chi connectivity index (χ0) is 23.2. The third-order valence-corrected chi connectivity index (χ3v) is 6.94. The van der Waals surface area contributed by atoms with E-state index in [0.29, 0.717) is 0 Å². The molecule has 0 aromatic heterocycles. The molecule has 2 heteroatoms. The molecule has 0 aliphatic heterocycles. The topological polar surface area (TPSA) is 12.0 Å². The van der Waals surface area contributed by atoms with Crippen LogP contribution in [-0.4, -0.2) is 19.8 Å². The molecule has 0 aromatic rings. The molecule has 0 radical (unpaired) electrons. The van der Waals surface area contributed by atoms with Crippen molar-refractivity contribution < 1.29 is 4.39 Å². The summed E-state index contributed by atoms with van der Waals surface area (Å²) in [4.78, 5) is 0. The summed E-state index contributed by atoms with van der Waals surface area (Å²) < 4.78 is 12.0. The van der Waals surface area contributed by atoms with Gasteiger partial charge in [0.2, 0.25) is 0 Å². The molecule has 0 unspecified atom stereocenters. The van der Waals surface area contributed by atoms with E-state index in [-0.39, 0.29) is 6.67 Å². The first kappa shape index (κ1) is 31.9. The van der Waals surface area contributed by atoms with Gasteiger partial charge in [-0.2, -0.15) is 0 Å². The maximum Gasteiger partial charge on any atom is 0.0894 e. The van der Waals surface area contributed by atoms with Crippen molar-refractivity contribution >= 4 is 0 Å². The molecule has 1 nitrogen and oxygen atoms in total. The van der Waals surface area contributed by atoms with Crippen molar-refractivity contribution in [2.24, 2.45) is 0 Å². The molecule has 0 aromatic carbocycles. The minimum atomic E-state index is -0.131. The summed E-state index contributed by atoms with van der Waals surface area (Å²) in [5, 5.41) is 3.64. The predicted octanol–water partition coefficient (Wildman–Crippen LogP) is 10.7. The minimum Gasteiger partial charge on any atom is -0.317 e. The van der Waals surface area contributed by atoms with Crippen molar-refractivity contribution in [1.82, 2.24) is 5.32 Å². The highest BCUT2D eigenvalue weighted by atomic mass is 19.1. The molecule has 1 N–H and O–H groups in total. The SMILES string of the molecule is CCCCCCCCCCCCCCCCCCNCCCCCCCCCCCCF. The fraction of sp³-hybridized carbons (Fsp3) is 1.00. The van der Waals surface area contributed by atoms with Crippen LogP contribution in [0.3, 0.4) is 0 Å². The normalized spacial score (nSPS) is 11.4. The second kappa shape index (κ2) is 30.9. The Bertz CT molecular complexity index is 277. The molecule has 0 amide bonds. The van der Waals surface area contributed by atoms with Gasteiger partial charge in [-0.1, -0.05) is 155 Å². The molecule has 0 saturated carbocycles. The average Bonchev–Trinajstić information content (AvgIpc) is 2.81. The van der Waals surface area contributed by atoms with Gasteiger partial charge in [0.15, 0.2) is 0 Å². The van der Waals surface area contributed by atoms with Gasteiger partial charge in [-0.3, -0.25) is 4.39 Å². The van der Waals surface area contributed by atoms with Gasteiger partial charge < -0.3 is 5.32 Å². The first-order valence-electron chi connectivity index (χ1n) is 15.2. The van der Waals surface area contributed by atoms with Crippen molar-refractivity contribution in [2.45, 2.75) is 174 Å². The van der Waals surface area contributed by atoms with E-state index in [0.717, 1.165) is 12.8 Å². The van der Waals surface area contributed by atoms with Crippen LogP contribution in [0.1, 0.15) is 174 Å². The molecular formula is C30H62FN. The van der Waals surface area contributed by atoms with E-state index in [1.165, 1.54) is 167 Å². The number of nitrogens with one attached hydrogen (secondary N) is 1. The Morgan fingerprint density at radius 3 is 0.875 bits per heavy atom. The summed E-state index contributed by atoms with van der Waals surface area (Å²) in [6.07, 6.45) is 35.8. The molecule has 0 heterocycles. The van der Waals surface area contributed by atoms with E-state index in [2.05, 4.69) is 12.2 Å². The molecule has 0 saturated heterocycles. The number of halogens is 1. The second-order valence-corrected chi connectivity index (χ2v) is 10.3. The van der Waals surface area contributed by atoms with Crippen molar-refractivity contribution in [3.8, 4) is 0 Å². The van der Waals surface area contributed by atoms with Crippen LogP contribution in [0, 0.1) is 0 Å². The van der Waals surface area contributed by atoms with Gasteiger partial charge in [0, 0.05) is 0 Å². The molecule has 0 aliphatic carbocycles. The zero-order valence-corrected chi connectivity index (χ0v) is 22.4. The molecule has 0 spiro atoms. The van der Waals surface area contributed by atoms with Crippen LogP contribution >= 0.6 is 0 Å². The van der Waals surface area contributed by atoms with E-state index < -0.39 is 0 Å². The first-order chi connectivity index (χ1) is 15.9. The number of rotatable bonds is 29. The lowest BCUT2D eigenvalue weighted by Crippen LogP contribution is -2.16. The highest BCUT2D eigenvalue weighted by molar-refractivity contribution is 4.53. The smallest absolute Gasteiger partial charge is 0.0894 e. The van der Waals surface area contributed by atoms with E-state index >= 15 is 0 Å². The Morgan fingerprint density at radius 1 is 0.344 bits per heavy atom. The quantitative estimate of drug-likeness (QED) is 0.111. The highest BCUT2D eigenvalue weighted by Gasteiger charge is 1.96. The molecule has 194 valence electrons. The minimum absolute atomic E-state index is 0.131. The van der Waals surface area contributed by atoms with E-state index in [9.17, 15) is 4.39 Å². The fourth-order valence-electron chi connectivity index (χ4n) is 4.68. The van der Waals surface area contributed by atoms with Gasteiger partial charge in [0.25, 0.3) is 0 Å². The Hall–Kier alpha value is -0.110. The maximum atomic E-state index is 12.0. The van der Waals surface area contributed by atoms with E-state index in [1.54, 1.807) is 0 Å². The Morgan fingerprint density at radius 2 is 0.594 bits per heavy atom. The lowest BCUT2D eigenvalue weighted by molar-refractivity contribution is 0.448. The summed E-state index contributed by atoms with van der Waals surface area (Å²) in [7, 11) is 0. The molecule has 0 rings (SSSR count). The third-order valence-electron chi connectivity index (χ3n) is 6.94. The van der Waals surface area contributed by atoms with Crippen molar-refractivity contribution in [3.05, 3.63) is 0 Å². The largest absolute Gasteiger partial charge is 0.317 e.